The van der Waals surface area contributed by atoms with Gasteiger partial charge in [-0.3, -0.25) is 4.79 Å². The number of halogens is 1. The van der Waals surface area contributed by atoms with Crippen molar-refractivity contribution in [2.45, 2.75) is 0 Å². The molecule has 3 rings (SSSR count). The van der Waals surface area contributed by atoms with E-state index in [2.05, 4.69) is 16.8 Å². The summed E-state index contributed by atoms with van der Waals surface area (Å²) in [5.41, 5.74) is 2.91. The highest BCUT2D eigenvalue weighted by atomic mass is 19.1. The van der Waals surface area contributed by atoms with Crippen molar-refractivity contribution < 1.29 is 9.18 Å². The van der Waals surface area contributed by atoms with Crippen LogP contribution in [-0.4, -0.2) is 10.8 Å². The zero-order chi connectivity index (χ0) is 15.4. The highest BCUT2D eigenvalue weighted by Gasteiger charge is 2.02. The highest BCUT2D eigenvalue weighted by Crippen LogP contribution is 2.18. The Morgan fingerprint density at radius 1 is 0.909 bits per heavy atom. The van der Waals surface area contributed by atoms with Gasteiger partial charge >= 0.3 is 0 Å². The predicted octanol–water partition coefficient (Wildman–Crippen LogP) is 4.06. The van der Waals surface area contributed by atoms with E-state index in [9.17, 15) is 9.18 Å². The van der Waals surface area contributed by atoms with Crippen molar-refractivity contribution in [3.8, 4) is 23.1 Å². The van der Waals surface area contributed by atoms with Gasteiger partial charge in [0, 0.05) is 11.3 Å². The zero-order valence-electron chi connectivity index (χ0n) is 11.6. The maximum Gasteiger partial charge on any atom is 0.236 e. The normalized spacial score (nSPS) is 9.86. The molecule has 0 saturated carbocycles. The van der Waals surface area contributed by atoms with Crippen LogP contribution in [0.1, 0.15) is 16.1 Å². The van der Waals surface area contributed by atoms with Crippen molar-refractivity contribution in [3.05, 3.63) is 83.8 Å². The molecule has 0 aliphatic rings. The number of H-pyrrole nitrogens is 1. The summed E-state index contributed by atoms with van der Waals surface area (Å²) >= 11 is 0. The summed E-state index contributed by atoms with van der Waals surface area (Å²) in [5.74, 6) is 4.93. The monoisotopic (exact) mass is 289 g/mol. The second-order valence-electron chi connectivity index (χ2n) is 4.74. The van der Waals surface area contributed by atoms with Crippen molar-refractivity contribution in [2.75, 3.05) is 0 Å². The molecule has 1 aromatic heterocycles. The van der Waals surface area contributed by atoms with Crippen LogP contribution in [0.3, 0.4) is 0 Å². The molecule has 22 heavy (non-hydrogen) atoms. The van der Waals surface area contributed by atoms with Crippen LogP contribution < -0.4 is 0 Å². The van der Waals surface area contributed by atoms with Crippen LogP contribution in [-0.2, 0) is 0 Å². The lowest BCUT2D eigenvalue weighted by atomic mass is 10.1. The number of carbonyl (C=O) groups is 1. The lowest BCUT2D eigenvalue weighted by molar-refractivity contribution is 0.105. The van der Waals surface area contributed by atoms with Gasteiger partial charge in [-0.1, -0.05) is 30.3 Å². The Hall–Kier alpha value is -3.12. The topological polar surface area (TPSA) is 32.9 Å². The van der Waals surface area contributed by atoms with Crippen LogP contribution in [0.5, 0.6) is 0 Å². The van der Waals surface area contributed by atoms with E-state index in [0.717, 1.165) is 11.3 Å². The number of benzene rings is 2. The van der Waals surface area contributed by atoms with E-state index in [1.54, 1.807) is 42.5 Å². The summed E-state index contributed by atoms with van der Waals surface area (Å²) in [6.45, 7) is 0. The number of Topliss-reactive ketones (excluding diaryl/α,β-unsaturated/α-hetero) is 1. The van der Waals surface area contributed by atoms with E-state index in [1.165, 1.54) is 12.1 Å². The maximum absolute atomic E-state index is 12.9. The fourth-order valence-corrected chi connectivity index (χ4v) is 2.05. The molecule has 2 aromatic carbocycles. The number of hydrogen-bond acceptors (Lipinski definition) is 1. The number of carbonyl (C=O) groups excluding carboxylic acids is 1. The molecule has 3 aromatic rings. The molecule has 0 unspecified atom stereocenters. The summed E-state index contributed by atoms with van der Waals surface area (Å²) in [6.07, 6.45) is 0. The van der Waals surface area contributed by atoms with E-state index in [-0.39, 0.29) is 11.6 Å². The third-order valence-electron chi connectivity index (χ3n) is 3.19. The smallest absolute Gasteiger partial charge is 0.236 e. The third kappa shape index (κ3) is 3.13. The molecule has 0 radical (unpaired) electrons. The van der Waals surface area contributed by atoms with Gasteiger partial charge in [-0.2, -0.15) is 0 Å². The SMILES string of the molecule is O=C(C#Cc1ccc(-c2ccc(F)cc2)[nH]1)c1ccccc1. The quantitative estimate of drug-likeness (QED) is 0.560. The van der Waals surface area contributed by atoms with Crippen molar-refractivity contribution in [1.29, 1.82) is 0 Å². The molecule has 0 fully saturated rings. The minimum absolute atomic E-state index is 0.224. The van der Waals surface area contributed by atoms with Crippen LogP contribution in [0, 0.1) is 17.7 Å². The van der Waals surface area contributed by atoms with Crippen molar-refractivity contribution >= 4 is 5.78 Å². The van der Waals surface area contributed by atoms with Gasteiger partial charge in [0.1, 0.15) is 5.82 Å². The lowest BCUT2D eigenvalue weighted by Crippen LogP contribution is -1.93. The number of aromatic amines is 1. The Kier molecular flexibility index (Phi) is 3.84. The van der Waals surface area contributed by atoms with Crippen molar-refractivity contribution in [2.24, 2.45) is 0 Å². The van der Waals surface area contributed by atoms with Crippen LogP contribution >= 0.6 is 0 Å². The molecule has 0 saturated heterocycles. The molecule has 106 valence electrons. The fraction of sp³-hybridized carbons (Fsp3) is 0. The summed E-state index contributed by atoms with van der Waals surface area (Å²) in [5, 5.41) is 0. The van der Waals surface area contributed by atoms with E-state index in [1.807, 2.05) is 12.1 Å². The molecule has 3 heteroatoms. The molecule has 2 nitrogen and oxygen atoms in total. The number of hydrogen-bond donors (Lipinski definition) is 1. The van der Waals surface area contributed by atoms with Gasteiger partial charge in [0.05, 0.1) is 5.69 Å². The molecule has 1 N–H and O–H groups in total. The molecule has 0 atom stereocenters. The molecular formula is C19H12FNO. The fourth-order valence-electron chi connectivity index (χ4n) is 2.05. The minimum Gasteiger partial charge on any atom is -0.348 e. The zero-order valence-corrected chi connectivity index (χ0v) is 11.6. The second-order valence-corrected chi connectivity index (χ2v) is 4.74. The second kappa shape index (κ2) is 6.11. The van der Waals surface area contributed by atoms with Gasteiger partial charge < -0.3 is 4.98 Å². The van der Waals surface area contributed by atoms with E-state index < -0.39 is 0 Å². The first-order valence-corrected chi connectivity index (χ1v) is 6.79. The van der Waals surface area contributed by atoms with Gasteiger partial charge in [-0.25, -0.2) is 4.39 Å². The first-order chi connectivity index (χ1) is 10.7. The number of aromatic nitrogens is 1. The van der Waals surface area contributed by atoms with Crippen molar-refractivity contribution in [3.63, 3.8) is 0 Å². The first-order valence-electron chi connectivity index (χ1n) is 6.79. The number of rotatable bonds is 2. The van der Waals surface area contributed by atoms with Gasteiger partial charge in [-0.05, 0) is 53.8 Å². The molecule has 0 amide bonds. The Morgan fingerprint density at radius 2 is 1.64 bits per heavy atom. The Balaban J connectivity index is 1.79. The Bertz CT molecular complexity index is 852. The minimum atomic E-state index is -0.274. The first kappa shape index (κ1) is 13.8. The third-order valence-corrected chi connectivity index (χ3v) is 3.19. The lowest BCUT2D eigenvalue weighted by Gasteiger charge is -1.96. The summed E-state index contributed by atoms with van der Waals surface area (Å²) in [6, 6.07) is 18.7. The molecular weight excluding hydrogens is 277 g/mol. The van der Waals surface area contributed by atoms with Gasteiger partial charge in [0.25, 0.3) is 0 Å². The van der Waals surface area contributed by atoms with E-state index in [0.29, 0.717) is 11.3 Å². The van der Waals surface area contributed by atoms with Crippen LogP contribution in [0.15, 0.2) is 66.7 Å². The van der Waals surface area contributed by atoms with Gasteiger partial charge in [-0.15, -0.1) is 0 Å². The maximum atomic E-state index is 12.9. The summed E-state index contributed by atoms with van der Waals surface area (Å²) in [7, 11) is 0. The van der Waals surface area contributed by atoms with E-state index >= 15 is 0 Å². The summed E-state index contributed by atoms with van der Waals surface area (Å²) < 4.78 is 12.9. The largest absolute Gasteiger partial charge is 0.348 e. The summed E-state index contributed by atoms with van der Waals surface area (Å²) in [4.78, 5) is 15.0. The van der Waals surface area contributed by atoms with Gasteiger partial charge in [0.2, 0.25) is 5.78 Å². The standard InChI is InChI=1S/C19H12FNO/c20-16-8-6-14(7-9-16)18-12-10-17(21-18)11-13-19(22)15-4-2-1-3-5-15/h1-10,12,21H. The predicted molar refractivity (Wildman–Crippen MR) is 83.8 cm³/mol. The number of nitrogens with one attached hydrogen (secondary N) is 1. The van der Waals surface area contributed by atoms with Crippen LogP contribution in [0.25, 0.3) is 11.3 Å². The van der Waals surface area contributed by atoms with Crippen LogP contribution in [0.2, 0.25) is 0 Å². The Morgan fingerprint density at radius 3 is 2.36 bits per heavy atom. The highest BCUT2D eigenvalue weighted by molar-refractivity contribution is 6.09. The molecule has 1 heterocycles. The van der Waals surface area contributed by atoms with E-state index in [4.69, 9.17) is 0 Å². The molecule has 0 spiro atoms. The molecule has 0 aliphatic carbocycles. The molecule has 0 bridgehead atoms. The average Bonchev–Trinajstić information content (AvgIpc) is 3.03. The average molecular weight is 289 g/mol. The van der Waals surface area contributed by atoms with Crippen molar-refractivity contribution in [1.82, 2.24) is 4.98 Å². The molecule has 0 aliphatic heterocycles. The Labute approximate surface area is 127 Å². The number of ketones is 1. The van der Waals surface area contributed by atoms with Crippen LogP contribution in [0.4, 0.5) is 4.39 Å². The van der Waals surface area contributed by atoms with Gasteiger partial charge in [0.15, 0.2) is 0 Å².